The van der Waals surface area contributed by atoms with E-state index in [0.29, 0.717) is 16.1 Å². The highest BCUT2D eigenvalue weighted by Crippen LogP contribution is 2.34. The predicted octanol–water partition coefficient (Wildman–Crippen LogP) is 2.55. The fourth-order valence-corrected chi connectivity index (χ4v) is 5.12. The lowest BCUT2D eigenvalue weighted by Gasteiger charge is -2.24. The zero-order chi connectivity index (χ0) is 20.4. The van der Waals surface area contributed by atoms with Gasteiger partial charge in [0.25, 0.3) is 11.8 Å². The number of hydrogen-bond donors (Lipinski definition) is 3. The van der Waals surface area contributed by atoms with Crippen LogP contribution in [-0.2, 0) is 19.5 Å². The number of fused-ring (bicyclic) bond motifs is 1. The van der Waals surface area contributed by atoms with E-state index in [4.69, 9.17) is 5.73 Å². The number of nitrogens with one attached hydrogen (secondary N) is 2. The minimum Gasteiger partial charge on any atom is -0.365 e. The number of primary amides is 1. The molecule has 5 nitrogen and oxygen atoms in total. The summed E-state index contributed by atoms with van der Waals surface area (Å²) in [4.78, 5) is 27.4. The van der Waals surface area contributed by atoms with Crippen molar-refractivity contribution in [2.24, 2.45) is 5.73 Å². The number of carbonyl (C=O) groups is 2. The lowest BCUT2D eigenvalue weighted by molar-refractivity contribution is -0.929. The molecule has 3 aromatic rings. The molecule has 29 heavy (non-hydrogen) atoms. The molecule has 2 amide bonds. The molecule has 1 aromatic heterocycles. The Labute approximate surface area is 174 Å². The minimum atomic E-state index is -0.479. The molecule has 1 aliphatic heterocycles. The third-order valence-corrected chi connectivity index (χ3v) is 6.46. The fourth-order valence-electron chi connectivity index (χ4n) is 3.80. The van der Waals surface area contributed by atoms with Crippen molar-refractivity contribution in [1.29, 1.82) is 0 Å². The Balaban J connectivity index is 1.56. The van der Waals surface area contributed by atoms with Gasteiger partial charge in [-0.25, -0.2) is 0 Å². The van der Waals surface area contributed by atoms with Crippen molar-refractivity contribution in [1.82, 2.24) is 0 Å². The number of aryl methyl sites for hydroxylation is 1. The number of thiophene rings is 1. The molecule has 0 spiro atoms. The largest absolute Gasteiger partial charge is 0.365 e. The third-order valence-electron chi connectivity index (χ3n) is 5.31. The van der Waals surface area contributed by atoms with Gasteiger partial charge in [0, 0.05) is 17.5 Å². The van der Waals surface area contributed by atoms with Crippen molar-refractivity contribution in [3.05, 3.63) is 87.3 Å². The Morgan fingerprint density at radius 2 is 1.83 bits per heavy atom. The summed E-state index contributed by atoms with van der Waals surface area (Å²) < 4.78 is 0. The number of benzene rings is 2. The second-order valence-electron chi connectivity index (χ2n) is 7.48. The molecule has 0 saturated heterocycles. The summed E-state index contributed by atoms with van der Waals surface area (Å²) in [6.45, 7) is 4.68. The van der Waals surface area contributed by atoms with Crippen LogP contribution >= 0.6 is 11.3 Å². The van der Waals surface area contributed by atoms with Crippen LogP contribution in [0.3, 0.4) is 0 Å². The first-order valence-electron chi connectivity index (χ1n) is 9.71. The quantitative estimate of drug-likeness (QED) is 0.609. The van der Waals surface area contributed by atoms with E-state index in [1.54, 1.807) is 12.1 Å². The van der Waals surface area contributed by atoms with Crippen molar-refractivity contribution >= 4 is 28.2 Å². The molecule has 4 rings (SSSR count). The second kappa shape index (κ2) is 8.19. The zero-order valence-electron chi connectivity index (χ0n) is 16.3. The van der Waals surface area contributed by atoms with Gasteiger partial charge in [-0.1, -0.05) is 48.0 Å². The van der Waals surface area contributed by atoms with Crippen LogP contribution < -0.4 is 16.0 Å². The van der Waals surface area contributed by atoms with E-state index < -0.39 is 5.91 Å². The number of hydrogen-bond acceptors (Lipinski definition) is 3. The highest BCUT2D eigenvalue weighted by molar-refractivity contribution is 7.17. The maximum atomic E-state index is 12.7. The predicted molar refractivity (Wildman–Crippen MR) is 115 cm³/mol. The van der Waals surface area contributed by atoms with Crippen molar-refractivity contribution in [2.45, 2.75) is 26.4 Å². The van der Waals surface area contributed by atoms with E-state index in [2.05, 4.69) is 29.6 Å². The zero-order valence-corrected chi connectivity index (χ0v) is 17.1. The smallest absolute Gasteiger partial charge is 0.256 e. The van der Waals surface area contributed by atoms with E-state index in [1.165, 1.54) is 21.8 Å². The van der Waals surface area contributed by atoms with Gasteiger partial charge in [-0.3, -0.25) is 9.59 Å². The van der Waals surface area contributed by atoms with Crippen LogP contribution in [0.2, 0.25) is 0 Å². The Kier molecular flexibility index (Phi) is 5.47. The number of carbonyl (C=O) groups excluding carboxylic acids is 2. The number of anilines is 1. The van der Waals surface area contributed by atoms with Crippen molar-refractivity contribution < 1.29 is 14.5 Å². The van der Waals surface area contributed by atoms with Crippen LogP contribution in [-0.4, -0.2) is 18.4 Å². The van der Waals surface area contributed by atoms with Crippen LogP contribution in [0.25, 0.3) is 0 Å². The van der Waals surface area contributed by atoms with E-state index in [1.807, 2.05) is 25.1 Å². The molecular weight excluding hydrogens is 382 g/mol. The van der Waals surface area contributed by atoms with Gasteiger partial charge >= 0.3 is 0 Å². The molecule has 1 atom stereocenters. The third kappa shape index (κ3) is 4.23. The molecule has 6 heteroatoms. The summed E-state index contributed by atoms with van der Waals surface area (Å²) in [6.07, 6.45) is 0.784. The second-order valence-corrected chi connectivity index (χ2v) is 8.59. The molecule has 0 radical (unpaired) electrons. The van der Waals surface area contributed by atoms with E-state index in [0.717, 1.165) is 42.1 Å². The molecule has 2 heterocycles. The summed E-state index contributed by atoms with van der Waals surface area (Å²) >= 11 is 1.48. The summed E-state index contributed by atoms with van der Waals surface area (Å²) in [7, 11) is 0. The number of amides is 2. The Bertz CT molecular complexity index is 1040. The molecule has 0 bridgehead atoms. The van der Waals surface area contributed by atoms with Gasteiger partial charge in [0.2, 0.25) is 0 Å². The molecule has 0 aliphatic carbocycles. The van der Waals surface area contributed by atoms with E-state index in [9.17, 15) is 9.59 Å². The average Bonchev–Trinajstić information content (AvgIpc) is 3.06. The van der Waals surface area contributed by atoms with Crippen LogP contribution in [0.4, 0.5) is 5.00 Å². The molecule has 2 aromatic carbocycles. The molecule has 1 aliphatic rings. The topological polar surface area (TPSA) is 76.6 Å². The van der Waals surface area contributed by atoms with Crippen LogP contribution in [0.1, 0.15) is 42.3 Å². The van der Waals surface area contributed by atoms with Crippen molar-refractivity contribution in [3.63, 3.8) is 0 Å². The Morgan fingerprint density at radius 1 is 1.10 bits per heavy atom. The monoisotopic (exact) mass is 406 g/mol. The Hall–Kier alpha value is -2.96. The standard InChI is InChI=1S/C23H23N3O2S/c1-15-7-9-17(10-8-15)22(28)25-23-20(21(24)27)18-11-12-26(14-19(18)29-23)13-16-5-3-2-4-6-16/h2-10H,11-14H2,1H3,(H2,24,27)(H,25,28)/p+1. The molecule has 4 N–H and O–H groups in total. The maximum absolute atomic E-state index is 12.7. The number of rotatable bonds is 5. The van der Waals surface area contributed by atoms with Crippen LogP contribution in [0.5, 0.6) is 0 Å². The van der Waals surface area contributed by atoms with Gasteiger partial charge in [0.15, 0.2) is 0 Å². The summed E-state index contributed by atoms with van der Waals surface area (Å²) in [5.41, 5.74) is 10.1. The SMILES string of the molecule is Cc1ccc(C(=O)Nc2sc3c(c2C(N)=O)CC[NH+](Cc2ccccc2)C3)cc1. The normalized spacial score (nSPS) is 15.6. The molecular formula is C23H24N3O2S+. The van der Waals surface area contributed by atoms with Crippen molar-refractivity contribution in [3.8, 4) is 0 Å². The van der Waals surface area contributed by atoms with Gasteiger partial charge in [0.05, 0.1) is 17.0 Å². The first-order valence-corrected chi connectivity index (χ1v) is 10.5. The fraction of sp³-hybridized carbons (Fsp3) is 0.217. The minimum absolute atomic E-state index is 0.223. The van der Waals surface area contributed by atoms with Crippen LogP contribution in [0.15, 0.2) is 54.6 Å². The molecule has 0 saturated carbocycles. The Morgan fingerprint density at radius 3 is 2.52 bits per heavy atom. The highest BCUT2D eigenvalue weighted by atomic mass is 32.1. The molecule has 0 fully saturated rings. The first kappa shape index (κ1) is 19.4. The average molecular weight is 407 g/mol. The lowest BCUT2D eigenvalue weighted by Crippen LogP contribution is -3.10. The highest BCUT2D eigenvalue weighted by Gasteiger charge is 2.29. The van der Waals surface area contributed by atoms with E-state index in [-0.39, 0.29) is 5.91 Å². The van der Waals surface area contributed by atoms with E-state index >= 15 is 0 Å². The van der Waals surface area contributed by atoms with Gasteiger partial charge in [-0.05, 0) is 24.6 Å². The van der Waals surface area contributed by atoms with Gasteiger partial charge in [0.1, 0.15) is 18.1 Å². The summed E-state index contributed by atoms with van der Waals surface area (Å²) in [5, 5.41) is 3.48. The molecule has 1 unspecified atom stereocenters. The first-order chi connectivity index (χ1) is 14.0. The van der Waals surface area contributed by atoms with Gasteiger partial charge in [-0.15, -0.1) is 11.3 Å². The van der Waals surface area contributed by atoms with Gasteiger partial charge < -0.3 is 16.0 Å². The lowest BCUT2D eigenvalue weighted by atomic mass is 10.0. The number of nitrogens with two attached hydrogens (primary N) is 1. The van der Waals surface area contributed by atoms with Crippen LogP contribution in [0, 0.1) is 6.92 Å². The number of quaternary nitrogens is 1. The summed E-state index contributed by atoms with van der Waals surface area (Å²) in [5.74, 6) is -0.701. The van der Waals surface area contributed by atoms with Gasteiger partial charge in [-0.2, -0.15) is 0 Å². The molecule has 148 valence electrons. The maximum Gasteiger partial charge on any atom is 0.256 e. The summed E-state index contributed by atoms with van der Waals surface area (Å²) in [6, 6.07) is 17.8. The van der Waals surface area contributed by atoms with Crippen molar-refractivity contribution in [2.75, 3.05) is 11.9 Å².